The number of nitrogens with one attached hydrogen (secondary N) is 1. The van der Waals surface area contributed by atoms with Crippen molar-refractivity contribution in [3.8, 4) is 17.6 Å². The van der Waals surface area contributed by atoms with Gasteiger partial charge >= 0.3 is 0 Å². The predicted octanol–water partition coefficient (Wildman–Crippen LogP) is 3.74. The monoisotopic (exact) mass is 438 g/mol. The summed E-state index contributed by atoms with van der Waals surface area (Å²) in [6.07, 6.45) is 1.56. The number of hydrogen-bond acceptors (Lipinski definition) is 8. The fraction of sp³-hybridized carbons (Fsp3) is 0.0526. The molecule has 28 heavy (non-hydrogen) atoms. The lowest BCUT2D eigenvalue weighted by atomic mass is 10.1. The molecule has 9 heteroatoms. The molecule has 0 radical (unpaired) electrons. The van der Waals surface area contributed by atoms with Gasteiger partial charge in [0.15, 0.2) is 17.3 Å². The number of nitrogens with zero attached hydrogens (tertiary/aromatic N) is 4. The molecule has 0 aliphatic rings. The van der Waals surface area contributed by atoms with Gasteiger partial charge in [0.1, 0.15) is 6.07 Å². The number of allylic oxidation sites excluding steroid dienone is 1. The molecule has 140 valence electrons. The van der Waals surface area contributed by atoms with Gasteiger partial charge in [0.05, 0.1) is 17.2 Å². The van der Waals surface area contributed by atoms with E-state index in [0.717, 1.165) is 5.69 Å². The zero-order valence-corrected chi connectivity index (χ0v) is 16.3. The number of aromatic hydroxyl groups is 1. The molecule has 8 nitrogen and oxygen atoms in total. The van der Waals surface area contributed by atoms with E-state index in [2.05, 4.69) is 42.3 Å². The summed E-state index contributed by atoms with van der Waals surface area (Å²) in [5, 5.41) is 22.5. The number of phenols is 1. The summed E-state index contributed by atoms with van der Waals surface area (Å²) in [4.78, 5) is 12.4. The smallest absolute Gasteiger partial charge is 0.232 e. The molecule has 0 unspecified atom stereocenters. The molecule has 0 fully saturated rings. The fourth-order valence-corrected chi connectivity index (χ4v) is 2.83. The highest BCUT2D eigenvalue weighted by Gasteiger charge is 2.12. The molecule has 2 aromatic carbocycles. The molecule has 3 aromatic rings. The Morgan fingerprint density at radius 1 is 1.25 bits per heavy atom. The number of hydrogen-bond donors (Lipinski definition) is 3. The van der Waals surface area contributed by atoms with E-state index in [1.807, 2.05) is 30.3 Å². The Labute approximate surface area is 169 Å². The number of rotatable bonds is 5. The van der Waals surface area contributed by atoms with Crippen molar-refractivity contribution in [3.63, 3.8) is 0 Å². The van der Waals surface area contributed by atoms with E-state index in [1.165, 1.54) is 7.11 Å². The average Bonchev–Trinajstić information content (AvgIpc) is 2.69. The third-order valence-corrected chi connectivity index (χ3v) is 4.23. The Bertz CT molecular complexity index is 1080. The maximum Gasteiger partial charge on any atom is 0.232 e. The van der Waals surface area contributed by atoms with Gasteiger partial charge in [-0.05, 0) is 51.8 Å². The highest BCUT2D eigenvalue weighted by atomic mass is 79.9. The van der Waals surface area contributed by atoms with E-state index in [1.54, 1.807) is 18.2 Å². The van der Waals surface area contributed by atoms with Crippen LogP contribution in [0.15, 0.2) is 46.9 Å². The molecule has 1 aromatic heterocycles. The lowest BCUT2D eigenvalue weighted by Crippen LogP contribution is -2.06. The Morgan fingerprint density at radius 3 is 2.68 bits per heavy atom. The first-order chi connectivity index (χ1) is 13.5. The number of ether oxygens (including phenoxy) is 1. The molecule has 0 aliphatic heterocycles. The second-order valence-corrected chi connectivity index (χ2v) is 6.41. The summed E-state index contributed by atoms with van der Waals surface area (Å²) in [5.74, 6) is 0.557. The summed E-state index contributed by atoms with van der Waals surface area (Å²) in [6, 6.07) is 14.6. The highest BCUT2D eigenvalue weighted by molar-refractivity contribution is 9.10. The number of nitriles is 1. The number of halogens is 1. The van der Waals surface area contributed by atoms with Crippen LogP contribution >= 0.6 is 15.9 Å². The first-order valence-electron chi connectivity index (χ1n) is 8.02. The highest BCUT2D eigenvalue weighted by Crippen LogP contribution is 2.36. The quantitative estimate of drug-likeness (QED) is 0.513. The first-order valence-corrected chi connectivity index (χ1v) is 8.81. The van der Waals surface area contributed by atoms with E-state index in [4.69, 9.17) is 10.5 Å². The number of benzene rings is 2. The molecule has 0 bridgehead atoms. The molecular weight excluding hydrogens is 424 g/mol. The van der Waals surface area contributed by atoms with E-state index in [9.17, 15) is 10.4 Å². The van der Waals surface area contributed by atoms with Crippen LogP contribution in [0.2, 0.25) is 0 Å². The van der Waals surface area contributed by atoms with Gasteiger partial charge in [0, 0.05) is 5.69 Å². The van der Waals surface area contributed by atoms with Crippen LogP contribution in [0.5, 0.6) is 11.5 Å². The van der Waals surface area contributed by atoms with Crippen molar-refractivity contribution in [2.24, 2.45) is 0 Å². The van der Waals surface area contributed by atoms with Crippen LogP contribution in [0.3, 0.4) is 0 Å². The summed E-state index contributed by atoms with van der Waals surface area (Å²) in [7, 11) is 1.44. The van der Waals surface area contributed by atoms with Crippen LogP contribution in [0.4, 0.5) is 17.6 Å². The summed E-state index contributed by atoms with van der Waals surface area (Å²) in [6.45, 7) is 0. The maximum absolute atomic E-state index is 9.93. The lowest BCUT2D eigenvalue weighted by molar-refractivity contribution is 0.372. The zero-order valence-electron chi connectivity index (χ0n) is 14.7. The SMILES string of the molecule is COc1cc(/C=C(\C#N)c2nc(N)nc(Nc3ccccc3)n2)cc(Br)c1O. The zero-order chi connectivity index (χ0) is 20.1. The van der Waals surface area contributed by atoms with E-state index in [-0.39, 0.29) is 34.8 Å². The van der Waals surface area contributed by atoms with Crippen molar-refractivity contribution < 1.29 is 9.84 Å². The van der Waals surface area contributed by atoms with Crippen molar-refractivity contribution in [1.29, 1.82) is 5.26 Å². The first kappa shape index (κ1) is 19.1. The summed E-state index contributed by atoms with van der Waals surface area (Å²) >= 11 is 3.25. The second-order valence-electron chi connectivity index (χ2n) is 5.56. The minimum Gasteiger partial charge on any atom is -0.503 e. The van der Waals surface area contributed by atoms with E-state index >= 15 is 0 Å². The number of methoxy groups -OCH3 is 1. The number of aromatic nitrogens is 3. The largest absolute Gasteiger partial charge is 0.503 e. The van der Waals surface area contributed by atoms with E-state index < -0.39 is 0 Å². The van der Waals surface area contributed by atoms with Crippen LogP contribution < -0.4 is 15.8 Å². The third-order valence-electron chi connectivity index (χ3n) is 3.63. The Morgan fingerprint density at radius 2 is 2.00 bits per heavy atom. The molecule has 4 N–H and O–H groups in total. The average molecular weight is 439 g/mol. The minimum absolute atomic E-state index is 0.0194. The van der Waals surface area contributed by atoms with Gasteiger partial charge in [-0.3, -0.25) is 0 Å². The minimum atomic E-state index is -0.0306. The Hall–Kier alpha value is -3.64. The van der Waals surface area contributed by atoms with Crippen molar-refractivity contribution in [2.45, 2.75) is 0 Å². The van der Waals surface area contributed by atoms with Crippen molar-refractivity contribution in [2.75, 3.05) is 18.2 Å². The lowest BCUT2D eigenvalue weighted by Gasteiger charge is -2.08. The Balaban J connectivity index is 2.00. The predicted molar refractivity (Wildman–Crippen MR) is 110 cm³/mol. The molecule has 0 saturated heterocycles. The van der Waals surface area contributed by atoms with Crippen molar-refractivity contribution in [1.82, 2.24) is 15.0 Å². The van der Waals surface area contributed by atoms with Gasteiger partial charge in [-0.2, -0.15) is 20.2 Å². The van der Waals surface area contributed by atoms with Crippen LogP contribution in [-0.2, 0) is 0 Å². The molecule has 0 amide bonds. The van der Waals surface area contributed by atoms with Crippen LogP contribution in [0, 0.1) is 11.3 Å². The van der Waals surface area contributed by atoms with Gasteiger partial charge in [0.25, 0.3) is 0 Å². The third kappa shape index (κ3) is 4.36. The number of nitrogens with two attached hydrogens (primary N) is 1. The molecule has 0 atom stereocenters. The normalized spacial score (nSPS) is 11.0. The standard InChI is InChI=1S/C19H15BrN6O2/c1-28-15-9-11(8-14(20)16(15)27)7-12(10-21)17-24-18(22)26-19(25-17)23-13-5-3-2-4-6-13/h2-9,27H,1H3,(H3,22,23,24,25,26)/b12-7+. The van der Waals surface area contributed by atoms with Gasteiger partial charge in [-0.15, -0.1) is 0 Å². The van der Waals surface area contributed by atoms with E-state index in [0.29, 0.717) is 10.0 Å². The molecule has 1 heterocycles. The molecule has 0 spiro atoms. The molecule has 0 saturated carbocycles. The van der Waals surface area contributed by atoms with Gasteiger partial charge < -0.3 is 20.9 Å². The fourth-order valence-electron chi connectivity index (χ4n) is 2.37. The van der Waals surface area contributed by atoms with Crippen molar-refractivity contribution in [3.05, 3.63) is 58.3 Å². The van der Waals surface area contributed by atoms with Gasteiger partial charge in [0.2, 0.25) is 11.9 Å². The topological polar surface area (TPSA) is 130 Å². The summed E-state index contributed by atoms with van der Waals surface area (Å²) < 4.78 is 5.56. The summed E-state index contributed by atoms with van der Waals surface area (Å²) in [5.41, 5.74) is 7.34. The van der Waals surface area contributed by atoms with Crippen LogP contribution in [0.25, 0.3) is 11.6 Å². The van der Waals surface area contributed by atoms with Crippen LogP contribution in [-0.4, -0.2) is 27.2 Å². The molecule has 3 rings (SSSR count). The molecular formula is C19H15BrN6O2. The maximum atomic E-state index is 9.93. The van der Waals surface area contributed by atoms with Gasteiger partial charge in [-0.25, -0.2) is 0 Å². The number of nitrogen functional groups attached to an aromatic ring is 1. The Kier molecular flexibility index (Phi) is 5.72. The van der Waals surface area contributed by atoms with Gasteiger partial charge in [-0.1, -0.05) is 18.2 Å². The number of para-hydroxylation sites is 1. The number of phenolic OH excluding ortho intramolecular Hbond substituents is 1. The number of anilines is 3. The molecule has 0 aliphatic carbocycles. The van der Waals surface area contributed by atoms with Crippen molar-refractivity contribution >= 4 is 45.2 Å². The van der Waals surface area contributed by atoms with Crippen LogP contribution in [0.1, 0.15) is 11.4 Å². The second kappa shape index (κ2) is 8.37.